The maximum atomic E-state index is 11.9. The molecular weight excluding hydrogens is 210 g/mol. The number of hydrogen-bond acceptors (Lipinski definition) is 3. The molecule has 0 aliphatic carbocycles. The number of carbonyl (C=O) groups excluding carboxylic acids is 1. The lowest BCUT2D eigenvalue weighted by Crippen LogP contribution is -2.52. The van der Waals surface area contributed by atoms with E-state index < -0.39 is 11.5 Å². The van der Waals surface area contributed by atoms with Crippen LogP contribution in [0.4, 0.5) is 0 Å². The van der Waals surface area contributed by atoms with Crippen LogP contribution in [0.15, 0.2) is 0 Å². The number of amides is 1. The molecule has 0 aromatic carbocycles. The Morgan fingerprint density at radius 2 is 2.06 bits per heavy atom. The van der Waals surface area contributed by atoms with E-state index in [1.807, 2.05) is 0 Å². The maximum absolute atomic E-state index is 11.9. The molecule has 16 heavy (non-hydrogen) atoms. The summed E-state index contributed by atoms with van der Waals surface area (Å²) in [5.41, 5.74) is -1.21. The second-order valence-corrected chi connectivity index (χ2v) is 5.14. The van der Waals surface area contributed by atoms with Crippen LogP contribution in [0.25, 0.3) is 0 Å². The summed E-state index contributed by atoms with van der Waals surface area (Å²) in [5, 5.41) is 11.5. The minimum Gasteiger partial charge on any atom is -0.480 e. The van der Waals surface area contributed by atoms with Gasteiger partial charge in [-0.25, -0.2) is 4.79 Å². The Kier molecular flexibility index (Phi) is 2.66. The molecule has 0 aromatic heterocycles. The molecule has 0 aromatic rings. The first kappa shape index (κ1) is 11.4. The number of fused-ring (bicyclic) bond motifs is 2. The van der Waals surface area contributed by atoms with E-state index in [1.165, 1.54) is 13.8 Å². The normalized spacial score (nSPS) is 32.8. The molecule has 2 N–H and O–H groups in total. The fraction of sp³-hybridized carbons (Fsp3) is 0.818. The van der Waals surface area contributed by atoms with Crippen molar-refractivity contribution in [1.29, 1.82) is 0 Å². The van der Waals surface area contributed by atoms with Crippen molar-refractivity contribution in [3.05, 3.63) is 0 Å². The van der Waals surface area contributed by atoms with Gasteiger partial charge in [0, 0.05) is 0 Å². The SMILES string of the molecule is CC(C)(NC(=O)[C@@H]1C[C@H]2CC[C@H]1O2)C(=O)O. The summed E-state index contributed by atoms with van der Waals surface area (Å²) in [7, 11) is 0. The van der Waals surface area contributed by atoms with E-state index in [0.29, 0.717) is 0 Å². The van der Waals surface area contributed by atoms with Gasteiger partial charge in [0.15, 0.2) is 0 Å². The van der Waals surface area contributed by atoms with E-state index in [1.54, 1.807) is 0 Å². The van der Waals surface area contributed by atoms with Crippen LogP contribution in [0.2, 0.25) is 0 Å². The van der Waals surface area contributed by atoms with Gasteiger partial charge in [-0.1, -0.05) is 0 Å². The van der Waals surface area contributed by atoms with Crippen molar-refractivity contribution in [3.63, 3.8) is 0 Å². The second kappa shape index (κ2) is 3.73. The highest BCUT2D eigenvalue weighted by atomic mass is 16.5. The van der Waals surface area contributed by atoms with E-state index in [2.05, 4.69) is 5.32 Å². The molecule has 5 heteroatoms. The minimum absolute atomic E-state index is 0.00500. The second-order valence-electron chi connectivity index (χ2n) is 5.14. The number of carboxylic acid groups (broad SMARTS) is 1. The van der Waals surface area contributed by atoms with Crippen LogP contribution in [0.3, 0.4) is 0 Å². The zero-order valence-electron chi connectivity index (χ0n) is 9.53. The summed E-state index contributed by atoms with van der Waals surface area (Å²) in [6.07, 6.45) is 2.86. The molecule has 2 heterocycles. The molecule has 5 nitrogen and oxygen atoms in total. The highest BCUT2D eigenvalue weighted by Gasteiger charge is 2.45. The first-order valence-electron chi connectivity index (χ1n) is 5.61. The number of aliphatic carboxylic acids is 1. The molecular formula is C11H17NO4. The average Bonchev–Trinajstić information content (AvgIpc) is 2.77. The summed E-state index contributed by atoms with van der Waals surface area (Å²) >= 11 is 0. The molecule has 3 atom stereocenters. The quantitative estimate of drug-likeness (QED) is 0.737. The van der Waals surface area contributed by atoms with Gasteiger partial charge in [0.2, 0.25) is 5.91 Å². The summed E-state index contributed by atoms with van der Waals surface area (Å²) in [6, 6.07) is 0. The number of hydrogen-bond donors (Lipinski definition) is 2. The summed E-state index contributed by atoms with van der Waals surface area (Å²) < 4.78 is 5.57. The van der Waals surface area contributed by atoms with Crippen molar-refractivity contribution in [2.45, 2.75) is 50.9 Å². The Bertz CT molecular complexity index is 326. The molecule has 1 amide bonds. The van der Waals surface area contributed by atoms with Crippen molar-refractivity contribution < 1.29 is 19.4 Å². The van der Waals surface area contributed by atoms with Gasteiger partial charge in [0.25, 0.3) is 0 Å². The van der Waals surface area contributed by atoms with Gasteiger partial charge in [-0.3, -0.25) is 4.79 Å². The Morgan fingerprint density at radius 3 is 2.50 bits per heavy atom. The molecule has 90 valence electrons. The number of carbonyl (C=O) groups is 2. The predicted molar refractivity (Wildman–Crippen MR) is 55.9 cm³/mol. The van der Waals surface area contributed by atoms with Gasteiger partial charge in [-0.15, -0.1) is 0 Å². The molecule has 2 saturated heterocycles. The average molecular weight is 227 g/mol. The topological polar surface area (TPSA) is 75.6 Å². The van der Waals surface area contributed by atoms with E-state index in [9.17, 15) is 9.59 Å². The lowest BCUT2D eigenvalue weighted by atomic mass is 9.88. The standard InChI is InChI=1S/C11H17NO4/c1-11(2,10(14)15)12-9(13)7-5-6-3-4-8(7)16-6/h6-8H,3-5H2,1-2H3,(H,12,13)(H,14,15)/t6-,7-,8-/m1/s1. The third-order valence-electron chi connectivity index (χ3n) is 3.41. The van der Waals surface area contributed by atoms with Crippen LogP contribution < -0.4 is 5.32 Å². The highest BCUT2D eigenvalue weighted by molar-refractivity contribution is 5.87. The molecule has 2 rings (SSSR count). The molecule has 2 fully saturated rings. The summed E-state index contributed by atoms with van der Waals surface area (Å²) in [5.74, 6) is -1.39. The lowest BCUT2D eigenvalue weighted by Gasteiger charge is -2.25. The zero-order chi connectivity index (χ0) is 11.9. The van der Waals surface area contributed by atoms with Gasteiger partial charge in [0.05, 0.1) is 18.1 Å². The summed E-state index contributed by atoms with van der Waals surface area (Å²) in [4.78, 5) is 22.8. The van der Waals surface area contributed by atoms with Crippen LogP contribution >= 0.6 is 0 Å². The van der Waals surface area contributed by atoms with Gasteiger partial charge >= 0.3 is 5.97 Å². The van der Waals surface area contributed by atoms with E-state index in [-0.39, 0.29) is 24.0 Å². The minimum atomic E-state index is -1.21. The van der Waals surface area contributed by atoms with Crippen molar-refractivity contribution in [2.24, 2.45) is 5.92 Å². The van der Waals surface area contributed by atoms with Crippen molar-refractivity contribution in [3.8, 4) is 0 Å². The molecule has 2 aliphatic rings. The smallest absolute Gasteiger partial charge is 0.328 e. The van der Waals surface area contributed by atoms with Crippen LogP contribution in [0.5, 0.6) is 0 Å². The highest BCUT2D eigenvalue weighted by Crippen LogP contribution is 2.38. The largest absolute Gasteiger partial charge is 0.480 e. The van der Waals surface area contributed by atoms with Gasteiger partial charge in [0.1, 0.15) is 5.54 Å². The molecule has 0 radical (unpaired) electrons. The zero-order valence-corrected chi connectivity index (χ0v) is 9.53. The first-order chi connectivity index (χ1) is 7.40. The monoisotopic (exact) mass is 227 g/mol. The third kappa shape index (κ3) is 1.91. The molecule has 2 bridgehead atoms. The number of rotatable bonds is 3. The van der Waals surface area contributed by atoms with Gasteiger partial charge in [-0.2, -0.15) is 0 Å². The van der Waals surface area contributed by atoms with Gasteiger partial charge < -0.3 is 15.2 Å². The Hall–Kier alpha value is -1.10. The van der Waals surface area contributed by atoms with Crippen LogP contribution in [0, 0.1) is 5.92 Å². The molecule has 2 aliphatic heterocycles. The Labute approximate surface area is 94.2 Å². The summed E-state index contributed by atoms with van der Waals surface area (Å²) in [6.45, 7) is 2.97. The van der Waals surface area contributed by atoms with E-state index >= 15 is 0 Å². The van der Waals surface area contributed by atoms with Crippen LogP contribution in [0.1, 0.15) is 33.1 Å². The van der Waals surface area contributed by atoms with Crippen molar-refractivity contribution in [2.75, 3.05) is 0 Å². The van der Waals surface area contributed by atoms with Crippen LogP contribution in [-0.2, 0) is 14.3 Å². The molecule has 0 saturated carbocycles. The fourth-order valence-electron chi connectivity index (χ4n) is 2.37. The Balaban J connectivity index is 1.96. The Morgan fingerprint density at radius 1 is 1.38 bits per heavy atom. The van der Waals surface area contributed by atoms with E-state index in [4.69, 9.17) is 9.84 Å². The van der Waals surface area contributed by atoms with Gasteiger partial charge in [-0.05, 0) is 33.1 Å². The lowest BCUT2D eigenvalue weighted by molar-refractivity contribution is -0.147. The predicted octanol–water partition coefficient (Wildman–Crippen LogP) is 0.533. The maximum Gasteiger partial charge on any atom is 0.328 e. The number of nitrogens with one attached hydrogen (secondary N) is 1. The number of ether oxygens (including phenoxy) is 1. The first-order valence-corrected chi connectivity index (χ1v) is 5.61. The van der Waals surface area contributed by atoms with Crippen LogP contribution in [-0.4, -0.2) is 34.7 Å². The number of carboxylic acids is 1. The molecule has 0 spiro atoms. The fourth-order valence-corrected chi connectivity index (χ4v) is 2.37. The molecule has 0 unspecified atom stereocenters. The van der Waals surface area contributed by atoms with Crippen molar-refractivity contribution in [1.82, 2.24) is 5.32 Å². The van der Waals surface area contributed by atoms with Crippen molar-refractivity contribution >= 4 is 11.9 Å². The van der Waals surface area contributed by atoms with E-state index in [0.717, 1.165) is 19.3 Å². The third-order valence-corrected chi connectivity index (χ3v) is 3.41.